The fourth-order valence-corrected chi connectivity index (χ4v) is 3.85. The van der Waals surface area contributed by atoms with Crippen LogP contribution < -0.4 is 0 Å². The van der Waals surface area contributed by atoms with Crippen molar-refractivity contribution >= 4 is 22.3 Å². The first kappa shape index (κ1) is 28.4. The Bertz CT molecular complexity index is 727. The van der Waals surface area contributed by atoms with Gasteiger partial charge in [-0.15, -0.1) is 0 Å². The minimum absolute atomic E-state index is 0.252. The van der Waals surface area contributed by atoms with Crippen LogP contribution in [-0.2, 0) is 23.8 Å². The molecule has 2 heterocycles. The SMILES string of the molecule is CC(C)(C)OC(=O)N1CCC[C@@H](O)C1.CC(C)(C)OC(=O)N1CCC[C@@H](OS(C)(=O)=O)C1. The van der Waals surface area contributed by atoms with Crippen molar-refractivity contribution in [1.82, 2.24) is 9.80 Å². The number of β-amino-alcohol motifs (C(OH)–C–C–N with tert-alkyl or cyclic N) is 1. The highest BCUT2D eigenvalue weighted by atomic mass is 32.2. The van der Waals surface area contributed by atoms with E-state index in [1.807, 2.05) is 20.8 Å². The maximum absolute atomic E-state index is 11.8. The van der Waals surface area contributed by atoms with E-state index in [0.29, 0.717) is 32.5 Å². The van der Waals surface area contributed by atoms with Crippen molar-refractivity contribution in [3.05, 3.63) is 0 Å². The first-order valence-electron chi connectivity index (χ1n) is 11.0. The predicted molar refractivity (Wildman–Crippen MR) is 120 cm³/mol. The molecule has 10 nitrogen and oxygen atoms in total. The monoisotopic (exact) mass is 480 g/mol. The molecule has 188 valence electrons. The lowest BCUT2D eigenvalue weighted by atomic mass is 10.1. The third kappa shape index (κ3) is 12.4. The van der Waals surface area contributed by atoms with Crippen LogP contribution in [0.4, 0.5) is 9.59 Å². The maximum Gasteiger partial charge on any atom is 0.410 e. The van der Waals surface area contributed by atoms with Crippen LogP contribution in [0.25, 0.3) is 0 Å². The van der Waals surface area contributed by atoms with E-state index < -0.39 is 39.6 Å². The van der Waals surface area contributed by atoms with Gasteiger partial charge in [-0.1, -0.05) is 0 Å². The quantitative estimate of drug-likeness (QED) is 0.599. The van der Waals surface area contributed by atoms with E-state index in [1.54, 1.807) is 25.7 Å². The standard InChI is InChI=1S/C11H21NO5S.C10H19NO3/c1-11(2,3)16-10(13)12-7-5-6-9(8-12)17-18(4,14)15;1-10(2,3)14-9(13)11-6-4-5-8(12)7-11/h9H,5-8H2,1-4H3;8,12H,4-7H2,1-3H3/t9-;8-/m11/s1. The molecule has 0 aromatic heterocycles. The predicted octanol–water partition coefficient (Wildman–Crippen LogP) is 2.74. The molecule has 0 saturated carbocycles. The molecule has 0 spiro atoms. The van der Waals surface area contributed by atoms with Crippen molar-refractivity contribution in [2.24, 2.45) is 0 Å². The Morgan fingerprint density at radius 2 is 1.28 bits per heavy atom. The molecule has 0 aliphatic carbocycles. The number of likely N-dealkylation sites (tertiary alicyclic amines) is 2. The molecule has 2 atom stereocenters. The molecule has 2 saturated heterocycles. The lowest BCUT2D eigenvalue weighted by Gasteiger charge is -2.33. The number of carbonyl (C=O) groups is 2. The van der Waals surface area contributed by atoms with Crippen LogP contribution >= 0.6 is 0 Å². The molecular formula is C21H40N2O8S. The molecule has 11 heteroatoms. The van der Waals surface area contributed by atoms with E-state index in [1.165, 1.54) is 4.90 Å². The highest BCUT2D eigenvalue weighted by Crippen LogP contribution is 2.18. The van der Waals surface area contributed by atoms with Crippen LogP contribution in [0.15, 0.2) is 0 Å². The molecule has 2 rings (SSSR count). The molecule has 2 aliphatic rings. The van der Waals surface area contributed by atoms with Crippen molar-refractivity contribution in [3.8, 4) is 0 Å². The third-order valence-electron chi connectivity index (χ3n) is 4.39. The summed E-state index contributed by atoms with van der Waals surface area (Å²) in [6.45, 7) is 12.8. The number of piperidine rings is 2. The minimum Gasteiger partial charge on any atom is -0.444 e. The number of hydrogen-bond donors (Lipinski definition) is 1. The number of aliphatic hydroxyl groups is 1. The summed E-state index contributed by atoms with van der Waals surface area (Å²) in [6, 6.07) is 0. The van der Waals surface area contributed by atoms with Crippen molar-refractivity contribution in [2.75, 3.05) is 32.4 Å². The lowest BCUT2D eigenvalue weighted by molar-refractivity contribution is 0.00385. The minimum atomic E-state index is -3.49. The highest BCUT2D eigenvalue weighted by Gasteiger charge is 2.30. The number of nitrogens with zero attached hydrogens (tertiary/aromatic N) is 2. The van der Waals surface area contributed by atoms with Gasteiger partial charge in [0.1, 0.15) is 11.2 Å². The molecule has 0 aromatic rings. The maximum atomic E-state index is 11.8. The zero-order valence-electron chi connectivity index (χ0n) is 20.4. The number of aliphatic hydroxyl groups excluding tert-OH is 1. The van der Waals surface area contributed by atoms with Gasteiger partial charge < -0.3 is 24.4 Å². The molecule has 0 aromatic carbocycles. The summed E-state index contributed by atoms with van der Waals surface area (Å²) in [4.78, 5) is 26.4. The van der Waals surface area contributed by atoms with Gasteiger partial charge in [-0.25, -0.2) is 9.59 Å². The Hall–Kier alpha value is -1.59. The van der Waals surface area contributed by atoms with Gasteiger partial charge in [0.05, 0.1) is 25.0 Å². The molecule has 32 heavy (non-hydrogen) atoms. The number of hydrogen-bond acceptors (Lipinski definition) is 8. The van der Waals surface area contributed by atoms with Gasteiger partial charge in [-0.2, -0.15) is 8.42 Å². The molecule has 2 amide bonds. The first-order valence-corrected chi connectivity index (χ1v) is 12.8. The fourth-order valence-electron chi connectivity index (χ4n) is 3.20. The Kier molecular flexibility index (Phi) is 10.2. The Balaban J connectivity index is 0.000000330. The fraction of sp³-hybridized carbons (Fsp3) is 0.905. The van der Waals surface area contributed by atoms with Crippen molar-refractivity contribution in [2.45, 2.75) is 90.6 Å². The van der Waals surface area contributed by atoms with Crippen molar-refractivity contribution in [3.63, 3.8) is 0 Å². The van der Waals surface area contributed by atoms with Gasteiger partial charge >= 0.3 is 12.2 Å². The summed E-state index contributed by atoms with van der Waals surface area (Å²) in [5, 5.41) is 9.38. The smallest absolute Gasteiger partial charge is 0.410 e. The second-order valence-corrected chi connectivity index (χ2v) is 11.8. The van der Waals surface area contributed by atoms with E-state index in [9.17, 15) is 23.1 Å². The van der Waals surface area contributed by atoms with Gasteiger partial charge in [0.15, 0.2) is 0 Å². The number of amides is 2. The molecule has 0 unspecified atom stereocenters. The van der Waals surface area contributed by atoms with Gasteiger partial charge in [0.2, 0.25) is 0 Å². The number of carbonyl (C=O) groups excluding carboxylic acids is 2. The summed E-state index contributed by atoms with van der Waals surface area (Å²) >= 11 is 0. The molecular weight excluding hydrogens is 440 g/mol. The summed E-state index contributed by atoms with van der Waals surface area (Å²) in [5.41, 5.74) is -1.01. The largest absolute Gasteiger partial charge is 0.444 e. The van der Waals surface area contributed by atoms with Gasteiger partial charge in [0, 0.05) is 19.6 Å². The molecule has 2 aliphatic heterocycles. The van der Waals surface area contributed by atoms with Crippen LogP contribution in [-0.4, -0.2) is 91.4 Å². The Morgan fingerprint density at radius 3 is 1.69 bits per heavy atom. The van der Waals surface area contributed by atoms with E-state index in [4.69, 9.17) is 13.7 Å². The Morgan fingerprint density at radius 1 is 0.844 bits per heavy atom. The lowest BCUT2D eigenvalue weighted by Crippen LogP contribution is -2.45. The molecule has 0 bridgehead atoms. The second-order valence-electron chi connectivity index (χ2n) is 10.2. The van der Waals surface area contributed by atoms with Crippen LogP contribution in [0.3, 0.4) is 0 Å². The second kappa shape index (κ2) is 11.5. The van der Waals surface area contributed by atoms with Crippen molar-refractivity contribution in [1.29, 1.82) is 0 Å². The number of ether oxygens (including phenoxy) is 2. The highest BCUT2D eigenvalue weighted by molar-refractivity contribution is 7.86. The summed E-state index contributed by atoms with van der Waals surface area (Å²) in [7, 11) is -3.49. The van der Waals surface area contributed by atoms with E-state index in [2.05, 4.69) is 0 Å². The molecule has 1 N–H and O–H groups in total. The Labute approximate surface area is 192 Å². The van der Waals surface area contributed by atoms with Crippen LogP contribution in [0, 0.1) is 0 Å². The zero-order chi connectivity index (χ0) is 24.7. The average Bonchev–Trinajstić information content (AvgIpc) is 2.58. The topological polar surface area (TPSA) is 123 Å². The first-order chi connectivity index (χ1) is 14.5. The van der Waals surface area contributed by atoms with Crippen molar-refractivity contribution < 1.29 is 36.8 Å². The van der Waals surface area contributed by atoms with Gasteiger partial charge in [-0.3, -0.25) is 4.18 Å². The van der Waals surface area contributed by atoms with Crippen LogP contribution in [0.2, 0.25) is 0 Å². The van der Waals surface area contributed by atoms with Crippen LogP contribution in [0.1, 0.15) is 67.2 Å². The third-order valence-corrected chi connectivity index (χ3v) is 5.01. The normalized spacial score (nSPS) is 22.5. The van der Waals surface area contributed by atoms with Crippen LogP contribution in [0.5, 0.6) is 0 Å². The summed E-state index contributed by atoms with van der Waals surface area (Å²) < 4.78 is 37.4. The van der Waals surface area contributed by atoms with E-state index >= 15 is 0 Å². The zero-order valence-corrected chi connectivity index (χ0v) is 21.2. The molecule has 2 fully saturated rings. The summed E-state index contributed by atoms with van der Waals surface area (Å²) in [5.74, 6) is 0. The van der Waals surface area contributed by atoms with E-state index in [0.717, 1.165) is 19.1 Å². The average molecular weight is 481 g/mol. The van der Waals surface area contributed by atoms with Gasteiger partial charge in [0.25, 0.3) is 10.1 Å². The molecule has 0 radical (unpaired) electrons. The van der Waals surface area contributed by atoms with Gasteiger partial charge in [-0.05, 0) is 67.2 Å². The van der Waals surface area contributed by atoms with E-state index in [-0.39, 0.29) is 12.6 Å². The summed E-state index contributed by atoms with van der Waals surface area (Å²) in [6.07, 6.45) is 2.36. The number of rotatable bonds is 2.